The smallest absolute Gasteiger partial charge is 0.453 e. The lowest BCUT2D eigenvalue weighted by Crippen LogP contribution is -2.21. The topological polar surface area (TPSA) is 119 Å². The zero-order chi connectivity index (χ0) is 17.2. The van der Waals surface area contributed by atoms with E-state index < -0.39 is 17.4 Å². The van der Waals surface area contributed by atoms with Crippen LogP contribution in [0, 0.1) is 6.92 Å². The van der Waals surface area contributed by atoms with E-state index in [0.717, 1.165) is 6.42 Å². The molecule has 0 unspecified atom stereocenters. The molecule has 0 spiro atoms. The normalized spacial score (nSPS) is 11.7. The van der Waals surface area contributed by atoms with Gasteiger partial charge in [0.1, 0.15) is 11.4 Å². The fourth-order valence-electron chi connectivity index (χ4n) is 2.07. The molecule has 8 nitrogen and oxygen atoms in total. The average Bonchev–Trinajstić information content (AvgIpc) is 3.00. The van der Waals surface area contributed by atoms with Crippen molar-refractivity contribution in [2.75, 3.05) is 0 Å². The molecule has 23 heavy (non-hydrogen) atoms. The van der Waals surface area contributed by atoms with Crippen molar-refractivity contribution in [1.29, 1.82) is 0 Å². The summed E-state index contributed by atoms with van der Waals surface area (Å²) in [5.74, 6) is -0.584. The second kappa shape index (κ2) is 6.41. The molecule has 0 amide bonds. The quantitative estimate of drug-likeness (QED) is 0.778. The Kier molecular flexibility index (Phi) is 4.74. The van der Waals surface area contributed by atoms with E-state index in [4.69, 9.17) is 13.6 Å². The number of imidazole rings is 1. The molecule has 2 rings (SSSR count). The largest absolute Gasteiger partial charge is 0.519 e. The van der Waals surface area contributed by atoms with Crippen LogP contribution in [0.1, 0.15) is 60.7 Å². The summed E-state index contributed by atoms with van der Waals surface area (Å²) < 4.78 is 14.6. The Morgan fingerprint density at radius 2 is 2.09 bits per heavy atom. The van der Waals surface area contributed by atoms with Crippen molar-refractivity contribution in [3.05, 3.63) is 39.3 Å². The molecule has 2 aromatic rings. The van der Waals surface area contributed by atoms with Gasteiger partial charge in [-0.2, -0.15) is 0 Å². The summed E-state index contributed by atoms with van der Waals surface area (Å²) in [5, 5.41) is 10.2. The third kappa shape index (κ3) is 3.89. The van der Waals surface area contributed by atoms with E-state index >= 15 is 0 Å². The Balaban J connectivity index is 2.21. The number of carbonyl (C=O) groups excluding carboxylic acids is 1. The van der Waals surface area contributed by atoms with Crippen LogP contribution in [-0.2, 0) is 23.4 Å². The maximum absolute atomic E-state index is 12.3. The number of aromatic amines is 1. The summed E-state index contributed by atoms with van der Waals surface area (Å²) in [7, 11) is 0. The van der Waals surface area contributed by atoms with Crippen LogP contribution in [0.25, 0.3) is 0 Å². The van der Waals surface area contributed by atoms with Gasteiger partial charge in [-0.3, -0.25) is 0 Å². The zero-order valence-electron chi connectivity index (χ0n) is 13.6. The van der Waals surface area contributed by atoms with Crippen molar-refractivity contribution in [3.63, 3.8) is 0 Å². The van der Waals surface area contributed by atoms with Gasteiger partial charge in [0, 0.05) is 6.42 Å². The summed E-state index contributed by atoms with van der Waals surface area (Å²) in [5.41, 5.74) is -0.966. The van der Waals surface area contributed by atoms with Gasteiger partial charge in [0.2, 0.25) is 0 Å². The molecule has 8 heteroatoms. The average molecular weight is 324 g/mol. The molecular weight excluding hydrogens is 304 g/mol. The predicted octanol–water partition coefficient (Wildman–Crippen LogP) is 1.80. The first kappa shape index (κ1) is 17.0. The van der Waals surface area contributed by atoms with Gasteiger partial charge in [0.25, 0.3) is 0 Å². The third-order valence-corrected chi connectivity index (χ3v) is 3.21. The molecule has 0 aliphatic heterocycles. The molecule has 0 fully saturated rings. The number of aliphatic hydroxyl groups is 1. The summed E-state index contributed by atoms with van der Waals surface area (Å²) in [6.45, 7) is 6.36. The summed E-state index contributed by atoms with van der Waals surface area (Å²) in [6.07, 6.45) is 1.48. The Morgan fingerprint density at radius 1 is 1.39 bits per heavy atom. The predicted molar refractivity (Wildman–Crippen MR) is 78.9 cm³/mol. The lowest BCUT2D eigenvalue weighted by Gasteiger charge is -2.16. The van der Waals surface area contributed by atoms with E-state index in [9.17, 15) is 14.7 Å². The first-order chi connectivity index (χ1) is 10.7. The first-order valence-corrected chi connectivity index (χ1v) is 7.30. The monoisotopic (exact) mass is 324 g/mol. The zero-order valence-corrected chi connectivity index (χ0v) is 13.6. The van der Waals surface area contributed by atoms with E-state index in [2.05, 4.69) is 9.97 Å². The van der Waals surface area contributed by atoms with Gasteiger partial charge in [0.05, 0.1) is 5.69 Å². The Labute approximate surface area is 132 Å². The number of esters is 1. The number of aryl methyl sites for hydroxylation is 2. The lowest BCUT2D eigenvalue weighted by atomic mass is 10.0. The maximum atomic E-state index is 12.3. The van der Waals surface area contributed by atoms with Crippen LogP contribution in [0.5, 0.6) is 0 Å². The minimum Gasteiger partial charge on any atom is -0.453 e. The summed E-state index contributed by atoms with van der Waals surface area (Å²) >= 11 is 0. The standard InChI is InChI=1S/C15H20N2O6/c1-5-6-10-16-11(12(17-10)15(3,4)20)13(18)21-7-9-8(2)22-14(19)23-9/h20H,5-7H2,1-4H3,(H,16,17). The number of hydrogen-bond acceptors (Lipinski definition) is 7. The molecule has 2 N–H and O–H groups in total. The number of nitrogens with one attached hydrogen (secondary N) is 1. The van der Waals surface area contributed by atoms with Crippen LogP contribution in [-0.4, -0.2) is 21.0 Å². The number of H-pyrrole nitrogens is 1. The number of rotatable bonds is 6. The van der Waals surface area contributed by atoms with Crippen molar-refractivity contribution in [2.24, 2.45) is 0 Å². The molecule has 0 bridgehead atoms. The highest BCUT2D eigenvalue weighted by atomic mass is 16.6. The second-order valence-electron chi connectivity index (χ2n) is 5.73. The van der Waals surface area contributed by atoms with Crippen molar-refractivity contribution < 1.29 is 23.5 Å². The van der Waals surface area contributed by atoms with Crippen molar-refractivity contribution in [2.45, 2.75) is 52.7 Å². The third-order valence-electron chi connectivity index (χ3n) is 3.21. The number of nitrogens with zero attached hydrogens (tertiary/aromatic N) is 1. The summed E-state index contributed by atoms with van der Waals surface area (Å²) in [6, 6.07) is 0. The second-order valence-corrected chi connectivity index (χ2v) is 5.73. The van der Waals surface area contributed by atoms with Crippen LogP contribution in [0.15, 0.2) is 13.6 Å². The highest BCUT2D eigenvalue weighted by Crippen LogP contribution is 2.23. The van der Waals surface area contributed by atoms with Crippen molar-refractivity contribution >= 4 is 5.97 Å². The fourth-order valence-corrected chi connectivity index (χ4v) is 2.07. The molecule has 126 valence electrons. The van der Waals surface area contributed by atoms with Gasteiger partial charge < -0.3 is 23.7 Å². The Bertz CT molecular complexity index is 747. The first-order valence-electron chi connectivity index (χ1n) is 7.30. The van der Waals surface area contributed by atoms with Crippen molar-refractivity contribution in [3.8, 4) is 0 Å². The summed E-state index contributed by atoms with van der Waals surface area (Å²) in [4.78, 5) is 30.4. The van der Waals surface area contributed by atoms with E-state index in [1.807, 2.05) is 6.92 Å². The molecule has 0 saturated heterocycles. The van der Waals surface area contributed by atoms with Crippen LogP contribution < -0.4 is 5.82 Å². The van der Waals surface area contributed by atoms with Crippen LogP contribution in [0.2, 0.25) is 0 Å². The highest BCUT2D eigenvalue weighted by Gasteiger charge is 2.29. The Hall–Kier alpha value is -2.35. The van der Waals surface area contributed by atoms with Gasteiger partial charge in [-0.25, -0.2) is 14.6 Å². The Morgan fingerprint density at radius 3 is 2.61 bits per heavy atom. The number of carbonyl (C=O) groups is 1. The van der Waals surface area contributed by atoms with Crippen LogP contribution in [0.3, 0.4) is 0 Å². The molecule has 2 heterocycles. The van der Waals surface area contributed by atoms with Gasteiger partial charge in [0.15, 0.2) is 23.8 Å². The van der Waals surface area contributed by atoms with E-state index in [0.29, 0.717) is 12.2 Å². The van der Waals surface area contributed by atoms with Gasteiger partial charge in [-0.15, -0.1) is 0 Å². The van der Waals surface area contributed by atoms with Gasteiger partial charge >= 0.3 is 11.8 Å². The molecule has 0 aromatic carbocycles. The molecular formula is C15H20N2O6. The fraction of sp³-hybridized carbons (Fsp3) is 0.533. The van der Waals surface area contributed by atoms with Gasteiger partial charge in [-0.1, -0.05) is 6.92 Å². The molecule has 0 atom stereocenters. The van der Waals surface area contributed by atoms with Crippen LogP contribution >= 0.6 is 0 Å². The molecule has 2 aromatic heterocycles. The molecule has 0 aliphatic rings. The van der Waals surface area contributed by atoms with Crippen molar-refractivity contribution in [1.82, 2.24) is 9.97 Å². The van der Waals surface area contributed by atoms with Crippen LogP contribution in [0.4, 0.5) is 0 Å². The van der Waals surface area contributed by atoms with E-state index in [1.54, 1.807) is 13.8 Å². The number of ether oxygens (including phenoxy) is 1. The van der Waals surface area contributed by atoms with E-state index in [1.165, 1.54) is 6.92 Å². The minimum absolute atomic E-state index is 0.0180. The molecule has 0 aliphatic carbocycles. The SMILES string of the molecule is CCCc1nc(C(=O)OCc2oc(=O)oc2C)c(C(C)(C)O)[nH]1. The number of hydrogen-bond donors (Lipinski definition) is 2. The molecule has 0 radical (unpaired) electrons. The maximum Gasteiger partial charge on any atom is 0.519 e. The van der Waals surface area contributed by atoms with Gasteiger partial charge in [-0.05, 0) is 27.2 Å². The number of aromatic nitrogens is 2. The highest BCUT2D eigenvalue weighted by molar-refractivity contribution is 5.89. The molecule has 0 saturated carbocycles. The minimum atomic E-state index is -1.27. The van der Waals surface area contributed by atoms with E-state index in [-0.39, 0.29) is 29.5 Å². The lowest BCUT2D eigenvalue weighted by molar-refractivity contribution is 0.0402.